The fraction of sp³-hybridized carbons (Fsp3) is 0.0833. The van der Waals surface area contributed by atoms with Crippen LogP contribution in [-0.4, -0.2) is 16.3 Å². The Morgan fingerprint density at radius 2 is 1.94 bits per heavy atom. The average Bonchev–Trinajstić information content (AvgIpc) is 2.28. The molecule has 3 nitrogen and oxygen atoms in total. The van der Waals surface area contributed by atoms with Crippen LogP contribution in [0.1, 0.15) is 16.3 Å². The van der Waals surface area contributed by atoms with Gasteiger partial charge in [0, 0.05) is 16.3 Å². The molecule has 0 fully saturated rings. The van der Waals surface area contributed by atoms with E-state index in [1.807, 2.05) is 0 Å². The van der Waals surface area contributed by atoms with E-state index in [1.165, 1.54) is 0 Å². The van der Waals surface area contributed by atoms with Crippen molar-refractivity contribution in [3.8, 4) is 11.3 Å². The first-order chi connectivity index (χ1) is 8.10. The molecule has 2 aromatic rings. The number of aryl methyl sites for hydroxylation is 1. The minimum absolute atomic E-state index is 0.144. The van der Waals surface area contributed by atoms with E-state index in [2.05, 4.69) is 9.97 Å². The fourth-order valence-corrected chi connectivity index (χ4v) is 1.98. The molecule has 5 heteroatoms. The van der Waals surface area contributed by atoms with Crippen molar-refractivity contribution < 1.29 is 4.79 Å². The molecule has 1 heterocycles. The van der Waals surface area contributed by atoms with Crippen molar-refractivity contribution in [2.45, 2.75) is 6.92 Å². The highest BCUT2D eigenvalue weighted by Crippen LogP contribution is 2.29. The highest BCUT2D eigenvalue weighted by atomic mass is 35.5. The van der Waals surface area contributed by atoms with Gasteiger partial charge in [0.05, 0.1) is 10.7 Å². The summed E-state index contributed by atoms with van der Waals surface area (Å²) < 4.78 is 0. The van der Waals surface area contributed by atoms with E-state index in [9.17, 15) is 4.79 Å². The Balaban J connectivity index is 2.59. The number of rotatable bonds is 2. The summed E-state index contributed by atoms with van der Waals surface area (Å²) >= 11 is 11.9. The molecule has 1 aromatic heterocycles. The zero-order valence-corrected chi connectivity index (χ0v) is 10.5. The third kappa shape index (κ3) is 2.62. The number of aldehydes is 1. The van der Waals surface area contributed by atoms with Gasteiger partial charge in [0.15, 0.2) is 12.1 Å². The molecular formula is C12H8Cl2N2O. The van der Waals surface area contributed by atoms with Crippen molar-refractivity contribution in [2.75, 3.05) is 0 Å². The molecule has 0 N–H and O–H groups in total. The number of carbonyl (C=O) groups is 1. The van der Waals surface area contributed by atoms with Crippen LogP contribution >= 0.6 is 23.2 Å². The predicted octanol–water partition coefficient (Wildman–Crippen LogP) is 3.57. The molecule has 2 rings (SSSR count). The molecule has 0 atom stereocenters. The van der Waals surface area contributed by atoms with Gasteiger partial charge in [0.25, 0.3) is 0 Å². The van der Waals surface area contributed by atoms with Gasteiger partial charge >= 0.3 is 0 Å². The average molecular weight is 267 g/mol. The number of hydrogen-bond donors (Lipinski definition) is 0. The quantitative estimate of drug-likeness (QED) is 0.781. The molecule has 0 saturated heterocycles. The summed E-state index contributed by atoms with van der Waals surface area (Å²) in [4.78, 5) is 18.8. The zero-order valence-electron chi connectivity index (χ0n) is 8.95. The second-order valence-corrected chi connectivity index (χ2v) is 4.34. The van der Waals surface area contributed by atoms with Crippen molar-refractivity contribution in [2.24, 2.45) is 0 Å². The number of carbonyl (C=O) groups excluding carboxylic acids is 1. The minimum Gasteiger partial charge on any atom is -0.294 e. The van der Waals surface area contributed by atoms with Crippen LogP contribution in [0.15, 0.2) is 24.3 Å². The Morgan fingerprint density at radius 1 is 1.18 bits per heavy atom. The molecule has 0 amide bonds. The van der Waals surface area contributed by atoms with E-state index in [-0.39, 0.29) is 5.82 Å². The molecule has 0 aliphatic carbocycles. The zero-order chi connectivity index (χ0) is 12.4. The smallest absolute Gasteiger partial charge is 0.193 e. The normalized spacial score (nSPS) is 10.3. The Kier molecular flexibility index (Phi) is 3.41. The molecular weight excluding hydrogens is 259 g/mol. The SMILES string of the molecule is Cc1cc(-c2ccc(Cl)cc2Cl)nc(C=O)n1. The topological polar surface area (TPSA) is 42.9 Å². The van der Waals surface area contributed by atoms with Crippen molar-refractivity contribution in [3.05, 3.63) is 45.8 Å². The van der Waals surface area contributed by atoms with Crippen molar-refractivity contribution in [1.82, 2.24) is 9.97 Å². The van der Waals surface area contributed by atoms with E-state index in [0.29, 0.717) is 27.7 Å². The Labute approximate surface area is 108 Å². The van der Waals surface area contributed by atoms with Gasteiger partial charge in [0.1, 0.15) is 0 Å². The predicted molar refractivity (Wildman–Crippen MR) is 67.6 cm³/mol. The van der Waals surface area contributed by atoms with Crippen LogP contribution in [0.3, 0.4) is 0 Å². The first-order valence-corrected chi connectivity index (χ1v) is 5.62. The van der Waals surface area contributed by atoms with Gasteiger partial charge < -0.3 is 0 Å². The maximum Gasteiger partial charge on any atom is 0.193 e. The van der Waals surface area contributed by atoms with E-state index in [1.54, 1.807) is 31.2 Å². The molecule has 86 valence electrons. The Bertz CT molecular complexity index is 585. The first-order valence-electron chi connectivity index (χ1n) is 4.86. The van der Waals surface area contributed by atoms with Crippen molar-refractivity contribution >= 4 is 29.5 Å². The Hall–Kier alpha value is -1.45. The number of halogens is 2. The van der Waals surface area contributed by atoms with E-state index in [0.717, 1.165) is 5.56 Å². The highest BCUT2D eigenvalue weighted by molar-refractivity contribution is 6.36. The number of nitrogens with zero attached hydrogens (tertiary/aromatic N) is 2. The summed E-state index contributed by atoms with van der Waals surface area (Å²) in [5, 5.41) is 1.05. The summed E-state index contributed by atoms with van der Waals surface area (Å²) in [7, 11) is 0. The second kappa shape index (κ2) is 4.82. The van der Waals surface area contributed by atoms with Gasteiger partial charge in [-0.2, -0.15) is 0 Å². The molecule has 0 saturated carbocycles. The molecule has 1 aromatic carbocycles. The molecule has 0 aliphatic rings. The first kappa shape index (κ1) is 12.0. The second-order valence-electron chi connectivity index (χ2n) is 3.49. The molecule has 0 radical (unpaired) electrons. The monoisotopic (exact) mass is 266 g/mol. The van der Waals surface area contributed by atoms with Crippen LogP contribution < -0.4 is 0 Å². The van der Waals surface area contributed by atoms with Crippen molar-refractivity contribution in [1.29, 1.82) is 0 Å². The third-order valence-corrected chi connectivity index (χ3v) is 2.73. The highest BCUT2D eigenvalue weighted by Gasteiger charge is 2.08. The van der Waals surface area contributed by atoms with Crippen LogP contribution in [0.25, 0.3) is 11.3 Å². The largest absolute Gasteiger partial charge is 0.294 e. The lowest BCUT2D eigenvalue weighted by atomic mass is 10.1. The number of benzene rings is 1. The summed E-state index contributed by atoms with van der Waals surface area (Å²) in [6.07, 6.45) is 0.611. The summed E-state index contributed by atoms with van der Waals surface area (Å²) in [5.41, 5.74) is 2.05. The van der Waals surface area contributed by atoms with Crippen LogP contribution in [-0.2, 0) is 0 Å². The summed E-state index contributed by atoms with van der Waals surface area (Å²) in [6, 6.07) is 6.89. The van der Waals surface area contributed by atoms with Crippen LogP contribution in [0, 0.1) is 6.92 Å². The van der Waals surface area contributed by atoms with Gasteiger partial charge in [-0.05, 0) is 31.2 Å². The molecule has 0 spiro atoms. The summed E-state index contributed by atoms with van der Waals surface area (Å²) in [6.45, 7) is 1.79. The fourth-order valence-electron chi connectivity index (χ4n) is 1.48. The number of aromatic nitrogens is 2. The standard InChI is InChI=1S/C12H8Cl2N2O/c1-7-4-11(16-12(6-17)15-7)9-3-2-8(13)5-10(9)14/h2-6H,1H3. The molecule has 0 unspecified atom stereocenters. The van der Waals surface area contributed by atoms with Gasteiger partial charge in [-0.3, -0.25) is 4.79 Å². The van der Waals surface area contributed by atoms with Gasteiger partial charge in [-0.1, -0.05) is 23.2 Å². The van der Waals surface area contributed by atoms with Crippen molar-refractivity contribution in [3.63, 3.8) is 0 Å². The molecule has 0 aliphatic heterocycles. The lowest BCUT2D eigenvalue weighted by Crippen LogP contribution is -1.97. The van der Waals surface area contributed by atoms with E-state index in [4.69, 9.17) is 23.2 Å². The van der Waals surface area contributed by atoms with Gasteiger partial charge in [0.2, 0.25) is 0 Å². The van der Waals surface area contributed by atoms with Crippen LogP contribution in [0.4, 0.5) is 0 Å². The van der Waals surface area contributed by atoms with Gasteiger partial charge in [-0.25, -0.2) is 9.97 Å². The maximum atomic E-state index is 10.7. The van der Waals surface area contributed by atoms with Crippen LogP contribution in [0.2, 0.25) is 10.0 Å². The minimum atomic E-state index is 0.144. The maximum absolute atomic E-state index is 10.7. The lowest BCUT2D eigenvalue weighted by Gasteiger charge is -2.05. The molecule has 0 bridgehead atoms. The Morgan fingerprint density at radius 3 is 2.59 bits per heavy atom. The van der Waals surface area contributed by atoms with E-state index < -0.39 is 0 Å². The van der Waals surface area contributed by atoms with Crippen LogP contribution in [0.5, 0.6) is 0 Å². The van der Waals surface area contributed by atoms with Gasteiger partial charge in [-0.15, -0.1) is 0 Å². The number of hydrogen-bond acceptors (Lipinski definition) is 3. The lowest BCUT2D eigenvalue weighted by molar-refractivity contribution is 0.111. The summed E-state index contributed by atoms with van der Waals surface area (Å²) in [5.74, 6) is 0.144. The third-order valence-electron chi connectivity index (χ3n) is 2.18. The molecule has 17 heavy (non-hydrogen) atoms. The van der Waals surface area contributed by atoms with E-state index >= 15 is 0 Å².